The van der Waals surface area contributed by atoms with E-state index < -0.39 is 12.7 Å². The zero-order chi connectivity index (χ0) is 22.4. The van der Waals surface area contributed by atoms with Gasteiger partial charge in [-0.05, 0) is 36.1 Å². The first-order valence-electron chi connectivity index (χ1n) is 10.1. The average Bonchev–Trinajstić information content (AvgIpc) is 2.76. The van der Waals surface area contributed by atoms with Gasteiger partial charge in [0.2, 0.25) is 11.8 Å². The minimum atomic E-state index is -2.96. The van der Waals surface area contributed by atoms with Crippen LogP contribution in [0.1, 0.15) is 36.4 Å². The number of likely N-dealkylation sites (tertiary alicyclic amines) is 1. The molecule has 8 heteroatoms. The third-order valence-electron chi connectivity index (χ3n) is 5.26. The van der Waals surface area contributed by atoms with Crippen molar-refractivity contribution in [3.63, 3.8) is 0 Å². The molecule has 0 radical (unpaired) electrons. The summed E-state index contributed by atoms with van der Waals surface area (Å²) in [7, 11) is 3.02. The highest BCUT2D eigenvalue weighted by atomic mass is 19.3. The number of ether oxygens (including phenoxy) is 2. The zero-order valence-electron chi connectivity index (χ0n) is 17.6. The molecule has 0 spiro atoms. The van der Waals surface area contributed by atoms with Gasteiger partial charge in [0.05, 0.1) is 7.11 Å². The van der Waals surface area contributed by atoms with Crippen LogP contribution in [0.2, 0.25) is 0 Å². The van der Waals surface area contributed by atoms with Crippen LogP contribution in [0.3, 0.4) is 0 Å². The Balaban J connectivity index is 1.82. The number of hydrogen-bond donors (Lipinski definition) is 0. The number of halogens is 2. The van der Waals surface area contributed by atoms with Crippen molar-refractivity contribution in [3.8, 4) is 11.5 Å². The van der Waals surface area contributed by atoms with Gasteiger partial charge in [-0.3, -0.25) is 9.59 Å². The fourth-order valence-corrected chi connectivity index (χ4v) is 3.76. The van der Waals surface area contributed by atoms with Crippen LogP contribution in [0, 0.1) is 0 Å². The minimum Gasteiger partial charge on any atom is -0.493 e. The molecule has 1 atom stereocenters. The summed E-state index contributed by atoms with van der Waals surface area (Å²) in [6.45, 7) is -2.21. The number of carbonyl (C=O) groups excluding carboxylic acids is 2. The Bertz CT molecular complexity index is 908. The van der Waals surface area contributed by atoms with Gasteiger partial charge in [0.15, 0.2) is 11.5 Å². The molecule has 0 bridgehead atoms. The number of nitrogens with zero attached hydrogens (tertiary/aromatic N) is 2. The van der Waals surface area contributed by atoms with E-state index in [1.54, 1.807) is 24.1 Å². The van der Waals surface area contributed by atoms with Crippen LogP contribution in [0.15, 0.2) is 48.5 Å². The van der Waals surface area contributed by atoms with Gasteiger partial charge >= 0.3 is 6.61 Å². The molecule has 0 aromatic heterocycles. The molecule has 31 heavy (non-hydrogen) atoms. The van der Waals surface area contributed by atoms with Crippen molar-refractivity contribution in [2.24, 2.45) is 0 Å². The lowest BCUT2D eigenvalue weighted by Crippen LogP contribution is -2.46. The van der Waals surface area contributed by atoms with Crippen molar-refractivity contribution in [3.05, 3.63) is 59.7 Å². The van der Waals surface area contributed by atoms with E-state index in [2.05, 4.69) is 4.74 Å². The second kappa shape index (κ2) is 10.2. The lowest BCUT2D eigenvalue weighted by atomic mass is 10.00. The molecule has 2 amide bonds. The minimum absolute atomic E-state index is 0.0305. The quantitative estimate of drug-likeness (QED) is 0.633. The van der Waals surface area contributed by atoms with Gasteiger partial charge in [0.25, 0.3) is 0 Å². The van der Waals surface area contributed by atoms with E-state index in [0.29, 0.717) is 18.5 Å². The zero-order valence-corrected chi connectivity index (χ0v) is 17.6. The molecule has 1 fully saturated rings. The second-order valence-electron chi connectivity index (χ2n) is 7.42. The van der Waals surface area contributed by atoms with Crippen molar-refractivity contribution in [1.82, 2.24) is 9.80 Å². The molecule has 1 unspecified atom stereocenters. The van der Waals surface area contributed by atoms with Crippen LogP contribution in [0.25, 0.3) is 0 Å². The third kappa shape index (κ3) is 5.51. The predicted octanol–water partition coefficient (Wildman–Crippen LogP) is 4.01. The molecule has 1 heterocycles. The van der Waals surface area contributed by atoms with Crippen LogP contribution in [-0.4, -0.2) is 48.9 Å². The van der Waals surface area contributed by atoms with E-state index in [1.807, 2.05) is 30.3 Å². The van der Waals surface area contributed by atoms with E-state index in [0.717, 1.165) is 18.4 Å². The first-order valence-corrected chi connectivity index (χ1v) is 10.1. The Morgan fingerprint density at radius 3 is 2.52 bits per heavy atom. The molecule has 3 rings (SSSR count). The van der Waals surface area contributed by atoms with E-state index in [-0.39, 0.29) is 29.9 Å². The van der Waals surface area contributed by atoms with E-state index >= 15 is 0 Å². The van der Waals surface area contributed by atoms with Crippen molar-refractivity contribution >= 4 is 11.8 Å². The van der Waals surface area contributed by atoms with E-state index in [4.69, 9.17) is 4.74 Å². The Hall–Kier alpha value is -3.16. The number of rotatable bonds is 8. The molecular formula is C23H26F2N2O4. The lowest BCUT2D eigenvalue weighted by Gasteiger charge is -2.36. The number of likely N-dealkylation sites (N-methyl/N-ethyl adjacent to an activating group) is 1. The standard InChI is InChI=1S/C23H26F2N2O4/c1-26(15-16-11-12-18(31-23(24)25)19(14-16)30-2)22(29)21(17-8-4-3-5-9-17)27-13-7-6-10-20(27)28/h3-5,8-9,11-12,14,21,23H,6-7,10,13,15H2,1-2H3. The largest absolute Gasteiger partial charge is 0.493 e. The van der Waals surface area contributed by atoms with Gasteiger partial charge in [0, 0.05) is 26.6 Å². The maximum Gasteiger partial charge on any atom is 0.387 e. The molecule has 0 saturated carbocycles. The summed E-state index contributed by atoms with van der Waals surface area (Å²) in [5.74, 6) is -0.161. The van der Waals surface area contributed by atoms with Crippen LogP contribution in [0.4, 0.5) is 8.78 Å². The summed E-state index contributed by atoms with van der Waals surface area (Å²) < 4.78 is 34.7. The Morgan fingerprint density at radius 2 is 1.87 bits per heavy atom. The Labute approximate surface area is 180 Å². The van der Waals surface area contributed by atoms with E-state index in [9.17, 15) is 18.4 Å². The number of piperidine rings is 1. The number of methoxy groups -OCH3 is 1. The number of hydrogen-bond acceptors (Lipinski definition) is 4. The molecule has 6 nitrogen and oxygen atoms in total. The predicted molar refractivity (Wildman–Crippen MR) is 111 cm³/mol. The Morgan fingerprint density at radius 1 is 1.13 bits per heavy atom. The van der Waals surface area contributed by atoms with Crippen molar-refractivity contribution in [2.75, 3.05) is 20.7 Å². The molecule has 1 aliphatic rings. The van der Waals surface area contributed by atoms with Crippen molar-refractivity contribution < 1.29 is 27.8 Å². The maximum atomic E-state index is 13.4. The molecular weight excluding hydrogens is 406 g/mol. The monoisotopic (exact) mass is 432 g/mol. The summed E-state index contributed by atoms with van der Waals surface area (Å²) >= 11 is 0. The van der Waals surface area contributed by atoms with Gasteiger partial charge in [-0.25, -0.2) is 0 Å². The molecule has 1 saturated heterocycles. The maximum absolute atomic E-state index is 13.4. The number of alkyl halides is 2. The lowest BCUT2D eigenvalue weighted by molar-refractivity contribution is -0.147. The smallest absolute Gasteiger partial charge is 0.387 e. The fourth-order valence-electron chi connectivity index (χ4n) is 3.76. The summed E-state index contributed by atoms with van der Waals surface area (Å²) in [4.78, 5) is 29.2. The molecule has 0 aliphatic carbocycles. The van der Waals surface area contributed by atoms with Crippen LogP contribution >= 0.6 is 0 Å². The van der Waals surface area contributed by atoms with Gasteiger partial charge < -0.3 is 19.3 Å². The molecule has 1 aliphatic heterocycles. The summed E-state index contributed by atoms with van der Waals surface area (Å²) in [5, 5.41) is 0. The highest BCUT2D eigenvalue weighted by Crippen LogP contribution is 2.31. The topological polar surface area (TPSA) is 59.1 Å². The molecule has 2 aromatic rings. The van der Waals surface area contributed by atoms with Gasteiger partial charge in [-0.15, -0.1) is 0 Å². The molecule has 2 aromatic carbocycles. The van der Waals surface area contributed by atoms with Crippen LogP contribution in [-0.2, 0) is 16.1 Å². The highest BCUT2D eigenvalue weighted by Gasteiger charge is 2.34. The van der Waals surface area contributed by atoms with Crippen LogP contribution < -0.4 is 9.47 Å². The Kier molecular flexibility index (Phi) is 7.44. The van der Waals surface area contributed by atoms with Crippen LogP contribution in [0.5, 0.6) is 11.5 Å². The summed E-state index contributed by atoms with van der Waals surface area (Å²) in [6, 6.07) is 13.1. The second-order valence-corrected chi connectivity index (χ2v) is 7.42. The van der Waals surface area contributed by atoms with Crippen molar-refractivity contribution in [1.29, 1.82) is 0 Å². The van der Waals surface area contributed by atoms with Gasteiger partial charge in [-0.2, -0.15) is 8.78 Å². The number of benzene rings is 2. The first-order chi connectivity index (χ1) is 14.9. The highest BCUT2D eigenvalue weighted by molar-refractivity contribution is 5.89. The van der Waals surface area contributed by atoms with E-state index in [1.165, 1.54) is 18.1 Å². The fraction of sp³-hybridized carbons (Fsp3) is 0.391. The molecule has 166 valence electrons. The number of amides is 2. The first kappa shape index (κ1) is 22.5. The van der Waals surface area contributed by atoms with Gasteiger partial charge in [-0.1, -0.05) is 36.4 Å². The molecule has 0 N–H and O–H groups in total. The average molecular weight is 432 g/mol. The summed E-state index contributed by atoms with van der Waals surface area (Å²) in [6.07, 6.45) is 2.12. The normalized spacial score (nSPS) is 15.0. The van der Waals surface area contributed by atoms with Gasteiger partial charge in [0.1, 0.15) is 6.04 Å². The summed E-state index contributed by atoms with van der Waals surface area (Å²) in [5.41, 5.74) is 1.44. The number of carbonyl (C=O) groups is 2. The third-order valence-corrected chi connectivity index (χ3v) is 5.26. The van der Waals surface area contributed by atoms with Crippen molar-refractivity contribution in [2.45, 2.75) is 38.5 Å². The SMILES string of the molecule is COc1cc(CN(C)C(=O)C(c2ccccc2)N2CCCCC2=O)ccc1OC(F)F.